The quantitative estimate of drug-likeness (QED) is 0.365. The molecule has 0 saturated heterocycles. The van der Waals surface area contributed by atoms with E-state index < -0.39 is 0 Å². The van der Waals surface area contributed by atoms with Crippen LogP contribution in [0.1, 0.15) is 54.9 Å². The van der Waals surface area contributed by atoms with Gasteiger partial charge in [0.15, 0.2) is 5.78 Å². The number of benzene rings is 1. The number of unbranched alkanes of at least 4 members (excludes halogenated alkanes) is 4. The van der Waals surface area contributed by atoms with Gasteiger partial charge in [-0.1, -0.05) is 18.9 Å². The summed E-state index contributed by atoms with van der Waals surface area (Å²) in [5, 5.41) is 0. The molecule has 0 N–H and O–H groups in total. The fraction of sp³-hybridized carbons (Fsp3) is 0.471. The van der Waals surface area contributed by atoms with Crippen molar-refractivity contribution in [3.05, 3.63) is 42.0 Å². The van der Waals surface area contributed by atoms with Crippen LogP contribution in [0.4, 0.5) is 0 Å². The molecule has 0 aliphatic carbocycles. The Hall–Kier alpha value is -1.57. The first-order chi connectivity index (χ1) is 9.15. The van der Waals surface area contributed by atoms with E-state index in [1.807, 2.05) is 31.2 Å². The third-order valence-electron chi connectivity index (χ3n) is 3.15. The fourth-order valence-corrected chi connectivity index (χ4v) is 2.06. The third-order valence-corrected chi connectivity index (χ3v) is 3.15. The van der Waals surface area contributed by atoms with E-state index in [1.54, 1.807) is 6.92 Å². The maximum absolute atomic E-state index is 11.3. The number of rotatable bonds is 9. The van der Waals surface area contributed by atoms with Crippen LogP contribution >= 0.6 is 0 Å². The van der Waals surface area contributed by atoms with Gasteiger partial charge in [-0.25, -0.2) is 0 Å². The molecule has 0 bridgehead atoms. The van der Waals surface area contributed by atoms with E-state index in [9.17, 15) is 4.79 Å². The predicted octanol–water partition coefficient (Wildman–Crippen LogP) is 4.71. The average molecular weight is 260 g/mol. The second-order valence-electron chi connectivity index (χ2n) is 4.87. The van der Waals surface area contributed by atoms with E-state index in [0.717, 1.165) is 36.3 Å². The number of aryl methyl sites for hydroxylation is 1. The lowest BCUT2D eigenvalue weighted by atomic mass is 10.1. The largest absolute Gasteiger partial charge is 0.494 e. The van der Waals surface area contributed by atoms with Gasteiger partial charge < -0.3 is 4.74 Å². The van der Waals surface area contributed by atoms with E-state index in [1.165, 1.54) is 19.3 Å². The Morgan fingerprint density at radius 1 is 1.26 bits per heavy atom. The van der Waals surface area contributed by atoms with Crippen LogP contribution in [0.15, 0.2) is 30.9 Å². The van der Waals surface area contributed by atoms with Crippen molar-refractivity contribution in [1.82, 2.24) is 0 Å². The van der Waals surface area contributed by atoms with Crippen molar-refractivity contribution >= 4 is 5.78 Å². The molecule has 2 nitrogen and oxygen atoms in total. The second-order valence-corrected chi connectivity index (χ2v) is 4.87. The van der Waals surface area contributed by atoms with E-state index in [-0.39, 0.29) is 5.78 Å². The number of hydrogen-bond donors (Lipinski definition) is 0. The number of ketones is 1. The second kappa shape index (κ2) is 8.52. The number of ether oxygens (including phenoxy) is 1. The number of hydrogen-bond acceptors (Lipinski definition) is 2. The summed E-state index contributed by atoms with van der Waals surface area (Å²) in [6, 6.07) is 5.66. The smallest absolute Gasteiger partial charge is 0.160 e. The number of carbonyl (C=O) groups is 1. The highest BCUT2D eigenvalue weighted by molar-refractivity contribution is 5.95. The van der Waals surface area contributed by atoms with Crippen LogP contribution in [0.3, 0.4) is 0 Å². The first-order valence-electron chi connectivity index (χ1n) is 7.00. The molecule has 0 saturated carbocycles. The molecule has 0 unspecified atom stereocenters. The summed E-state index contributed by atoms with van der Waals surface area (Å²) in [7, 11) is 0. The molecule has 104 valence electrons. The lowest BCUT2D eigenvalue weighted by molar-refractivity contribution is 0.101. The summed E-state index contributed by atoms with van der Waals surface area (Å²) in [5.41, 5.74) is 1.76. The molecule has 0 aromatic heterocycles. The van der Waals surface area contributed by atoms with Gasteiger partial charge in [0.2, 0.25) is 0 Å². The van der Waals surface area contributed by atoms with E-state index >= 15 is 0 Å². The molecule has 0 radical (unpaired) electrons. The van der Waals surface area contributed by atoms with Gasteiger partial charge in [-0.3, -0.25) is 4.79 Å². The molecule has 19 heavy (non-hydrogen) atoms. The highest BCUT2D eigenvalue weighted by atomic mass is 16.5. The highest BCUT2D eigenvalue weighted by Gasteiger charge is 2.04. The minimum atomic E-state index is 0.103. The van der Waals surface area contributed by atoms with Crippen LogP contribution in [-0.4, -0.2) is 12.4 Å². The summed E-state index contributed by atoms with van der Waals surface area (Å²) in [5.74, 6) is 0.958. The van der Waals surface area contributed by atoms with Crippen molar-refractivity contribution in [3.8, 4) is 5.75 Å². The number of Topliss-reactive ketones (excluding diaryl/α,β-unsaturated/α-hetero) is 1. The summed E-state index contributed by atoms with van der Waals surface area (Å²) >= 11 is 0. The van der Waals surface area contributed by atoms with Crippen molar-refractivity contribution < 1.29 is 9.53 Å². The Balaban J connectivity index is 2.28. The lowest BCUT2D eigenvalue weighted by Gasteiger charge is -2.08. The molecule has 0 amide bonds. The van der Waals surface area contributed by atoms with Gasteiger partial charge in [-0.2, -0.15) is 0 Å². The molecule has 1 aromatic rings. The highest BCUT2D eigenvalue weighted by Crippen LogP contribution is 2.18. The van der Waals surface area contributed by atoms with Crippen LogP contribution in [-0.2, 0) is 0 Å². The molecule has 0 spiro atoms. The van der Waals surface area contributed by atoms with Gasteiger partial charge in [0, 0.05) is 5.56 Å². The summed E-state index contributed by atoms with van der Waals surface area (Å²) in [6.07, 6.45) is 7.79. The monoisotopic (exact) mass is 260 g/mol. The zero-order valence-corrected chi connectivity index (χ0v) is 12.1. The normalized spacial score (nSPS) is 10.2. The molecule has 1 rings (SSSR count). The van der Waals surface area contributed by atoms with Gasteiger partial charge in [-0.15, -0.1) is 6.58 Å². The number of allylic oxidation sites excluding steroid dienone is 1. The van der Waals surface area contributed by atoms with Crippen LogP contribution in [0.5, 0.6) is 5.75 Å². The summed E-state index contributed by atoms with van der Waals surface area (Å²) in [4.78, 5) is 11.3. The van der Waals surface area contributed by atoms with Crippen molar-refractivity contribution in [2.24, 2.45) is 0 Å². The van der Waals surface area contributed by atoms with Crippen LogP contribution in [0, 0.1) is 6.92 Å². The van der Waals surface area contributed by atoms with Gasteiger partial charge in [0.05, 0.1) is 6.61 Å². The standard InChI is InChI=1S/C17H24O2/c1-4-5-6-7-8-9-12-19-16-10-11-17(15(3)18)14(2)13-16/h4,10-11,13H,1,5-9,12H2,2-3H3. The zero-order valence-electron chi connectivity index (χ0n) is 12.1. The van der Waals surface area contributed by atoms with Crippen molar-refractivity contribution in [2.75, 3.05) is 6.61 Å². The molecular weight excluding hydrogens is 236 g/mol. The van der Waals surface area contributed by atoms with Crippen molar-refractivity contribution in [3.63, 3.8) is 0 Å². The van der Waals surface area contributed by atoms with Crippen molar-refractivity contribution in [2.45, 2.75) is 46.0 Å². The molecule has 0 aliphatic heterocycles. The van der Waals surface area contributed by atoms with Crippen LogP contribution in [0.2, 0.25) is 0 Å². The van der Waals surface area contributed by atoms with Gasteiger partial charge in [-0.05, 0) is 56.9 Å². The Kier molecular flexibility index (Phi) is 6.94. The summed E-state index contributed by atoms with van der Waals surface area (Å²) in [6.45, 7) is 7.99. The van der Waals surface area contributed by atoms with Gasteiger partial charge in [0.25, 0.3) is 0 Å². The minimum absolute atomic E-state index is 0.103. The Bertz CT molecular complexity index is 421. The maximum atomic E-state index is 11.3. The zero-order chi connectivity index (χ0) is 14.1. The first kappa shape index (κ1) is 15.5. The Labute approximate surface area is 116 Å². The molecular formula is C17H24O2. The molecule has 0 aliphatic rings. The van der Waals surface area contributed by atoms with Crippen LogP contribution < -0.4 is 4.74 Å². The summed E-state index contributed by atoms with van der Waals surface area (Å²) < 4.78 is 5.70. The molecule has 1 aromatic carbocycles. The first-order valence-corrected chi connectivity index (χ1v) is 7.00. The molecule has 0 heterocycles. The van der Waals surface area contributed by atoms with Crippen molar-refractivity contribution in [1.29, 1.82) is 0 Å². The Morgan fingerprint density at radius 3 is 2.63 bits per heavy atom. The van der Waals surface area contributed by atoms with E-state index in [4.69, 9.17) is 4.74 Å². The SMILES string of the molecule is C=CCCCCCCOc1ccc(C(C)=O)c(C)c1. The maximum Gasteiger partial charge on any atom is 0.160 e. The number of carbonyl (C=O) groups excluding carboxylic acids is 1. The topological polar surface area (TPSA) is 26.3 Å². The molecule has 0 atom stereocenters. The van der Waals surface area contributed by atoms with Gasteiger partial charge in [0.1, 0.15) is 5.75 Å². The molecule has 2 heteroatoms. The minimum Gasteiger partial charge on any atom is -0.494 e. The third kappa shape index (κ3) is 5.73. The van der Waals surface area contributed by atoms with E-state index in [0.29, 0.717) is 0 Å². The Morgan fingerprint density at radius 2 is 2.00 bits per heavy atom. The van der Waals surface area contributed by atoms with Crippen LogP contribution in [0.25, 0.3) is 0 Å². The molecule has 0 fully saturated rings. The average Bonchev–Trinajstić information content (AvgIpc) is 2.37. The van der Waals surface area contributed by atoms with E-state index in [2.05, 4.69) is 6.58 Å². The lowest BCUT2D eigenvalue weighted by Crippen LogP contribution is -2.00. The fourth-order valence-electron chi connectivity index (χ4n) is 2.06. The van der Waals surface area contributed by atoms with Gasteiger partial charge >= 0.3 is 0 Å². The predicted molar refractivity (Wildman–Crippen MR) is 80.0 cm³/mol.